The van der Waals surface area contributed by atoms with Gasteiger partial charge in [0, 0.05) is 23.0 Å². The number of rotatable bonds is 4. The molecule has 0 aliphatic heterocycles. The summed E-state index contributed by atoms with van der Waals surface area (Å²) in [5.74, 6) is 1.06. The van der Waals surface area contributed by atoms with E-state index in [2.05, 4.69) is 20.8 Å². The molecule has 0 radical (unpaired) electrons. The van der Waals surface area contributed by atoms with Crippen molar-refractivity contribution in [1.29, 1.82) is 0 Å². The van der Waals surface area contributed by atoms with E-state index in [0.29, 0.717) is 12.1 Å². The molecule has 2 saturated carbocycles. The number of benzene rings is 1. The van der Waals surface area contributed by atoms with Crippen LogP contribution in [0.4, 0.5) is 0 Å². The molecule has 23 heavy (non-hydrogen) atoms. The second-order valence-corrected chi connectivity index (χ2v) is 7.85. The van der Waals surface area contributed by atoms with E-state index in [0.717, 1.165) is 16.8 Å². The molecule has 0 atom stereocenters. The minimum atomic E-state index is 0.264. The van der Waals surface area contributed by atoms with E-state index in [4.69, 9.17) is 0 Å². The van der Waals surface area contributed by atoms with Crippen LogP contribution < -0.4 is 0 Å². The van der Waals surface area contributed by atoms with E-state index in [1.54, 1.807) is 0 Å². The molecule has 0 heterocycles. The highest BCUT2D eigenvalue weighted by molar-refractivity contribution is 9.09. The van der Waals surface area contributed by atoms with Gasteiger partial charge in [0.2, 0.25) is 0 Å². The number of halogens is 1. The van der Waals surface area contributed by atoms with Crippen molar-refractivity contribution in [3.63, 3.8) is 0 Å². The molecule has 0 aromatic heterocycles. The smallest absolute Gasteiger partial charge is 0.254 e. The molecule has 126 valence electrons. The standard InChI is InChI=1S/C20H28BrNO/c21-15-16-11-13-19(14-12-16)22(18-9-5-2-6-10-18)20(23)17-7-3-1-4-8-17/h1,3-4,7-8,16,18-19H,2,5-6,9-15H2. The molecule has 0 spiro atoms. The van der Waals surface area contributed by atoms with Crippen molar-refractivity contribution in [2.45, 2.75) is 69.9 Å². The molecule has 2 fully saturated rings. The van der Waals surface area contributed by atoms with Crippen LogP contribution in [0.2, 0.25) is 0 Å². The van der Waals surface area contributed by atoms with Gasteiger partial charge in [-0.25, -0.2) is 0 Å². The number of hydrogen-bond donors (Lipinski definition) is 0. The van der Waals surface area contributed by atoms with Crippen LogP contribution in [0.1, 0.15) is 68.1 Å². The van der Waals surface area contributed by atoms with Crippen molar-refractivity contribution in [3.05, 3.63) is 35.9 Å². The Morgan fingerprint density at radius 1 is 0.913 bits per heavy atom. The van der Waals surface area contributed by atoms with Crippen molar-refractivity contribution < 1.29 is 4.79 Å². The first-order valence-electron chi connectivity index (χ1n) is 9.23. The van der Waals surface area contributed by atoms with Crippen LogP contribution in [0.15, 0.2) is 30.3 Å². The van der Waals surface area contributed by atoms with Gasteiger partial charge < -0.3 is 4.90 Å². The van der Waals surface area contributed by atoms with Gasteiger partial charge in [0.05, 0.1) is 0 Å². The fourth-order valence-electron chi connectivity index (χ4n) is 4.30. The van der Waals surface area contributed by atoms with Crippen molar-refractivity contribution in [1.82, 2.24) is 4.90 Å². The highest BCUT2D eigenvalue weighted by Crippen LogP contribution is 2.34. The predicted octanol–water partition coefficient (Wildman–Crippen LogP) is 5.42. The van der Waals surface area contributed by atoms with Crippen LogP contribution >= 0.6 is 15.9 Å². The summed E-state index contributed by atoms with van der Waals surface area (Å²) in [5, 5.41) is 1.11. The van der Waals surface area contributed by atoms with E-state index in [9.17, 15) is 4.79 Å². The van der Waals surface area contributed by atoms with E-state index in [1.165, 1.54) is 57.8 Å². The van der Waals surface area contributed by atoms with E-state index >= 15 is 0 Å². The van der Waals surface area contributed by atoms with Crippen LogP contribution in [0.3, 0.4) is 0 Å². The van der Waals surface area contributed by atoms with Crippen LogP contribution in [0.25, 0.3) is 0 Å². The molecule has 1 aromatic carbocycles. The summed E-state index contributed by atoms with van der Waals surface area (Å²) in [6.07, 6.45) is 11.1. The Balaban J connectivity index is 1.77. The Morgan fingerprint density at radius 2 is 1.52 bits per heavy atom. The summed E-state index contributed by atoms with van der Waals surface area (Å²) < 4.78 is 0. The van der Waals surface area contributed by atoms with Crippen LogP contribution in [-0.2, 0) is 0 Å². The Labute approximate surface area is 148 Å². The number of hydrogen-bond acceptors (Lipinski definition) is 1. The lowest BCUT2D eigenvalue weighted by Gasteiger charge is -2.43. The van der Waals surface area contributed by atoms with Gasteiger partial charge in [-0.15, -0.1) is 0 Å². The lowest BCUT2D eigenvalue weighted by atomic mass is 9.84. The monoisotopic (exact) mass is 377 g/mol. The molecule has 0 saturated heterocycles. The first-order valence-corrected chi connectivity index (χ1v) is 10.4. The Bertz CT molecular complexity index is 490. The van der Waals surface area contributed by atoms with Crippen LogP contribution in [0.5, 0.6) is 0 Å². The lowest BCUT2D eigenvalue weighted by Crippen LogP contribution is -2.49. The maximum atomic E-state index is 13.2. The van der Waals surface area contributed by atoms with Gasteiger partial charge in [-0.2, -0.15) is 0 Å². The summed E-state index contributed by atoms with van der Waals surface area (Å²) in [4.78, 5) is 15.5. The zero-order valence-corrected chi connectivity index (χ0v) is 15.5. The second-order valence-electron chi connectivity index (χ2n) is 7.20. The molecule has 0 unspecified atom stereocenters. The molecule has 3 rings (SSSR count). The zero-order valence-electron chi connectivity index (χ0n) is 13.9. The minimum absolute atomic E-state index is 0.264. The summed E-state index contributed by atoms with van der Waals surface area (Å²) in [5.41, 5.74) is 0.862. The highest BCUT2D eigenvalue weighted by Gasteiger charge is 2.34. The number of nitrogens with zero attached hydrogens (tertiary/aromatic N) is 1. The van der Waals surface area contributed by atoms with Crippen molar-refractivity contribution >= 4 is 21.8 Å². The number of alkyl halides is 1. The normalized spacial score (nSPS) is 26.0. The van der Waals surface area contributed by atoms with Crippen LogP contribution in [-0.4, -0.2) is 28.2 Å². The van der Waals surface area contributed by atoms with Crippen molar-refractivity contribution in [3.8, 4) is 0 Å². The van der Waals surface area contributed by atoms with E-state index < -0.39 is 0 Å². The number of carbonyl (C=O) groups is 1. The molecule has 0 bridgehead atoms. The largest absolute Gasteiger partial charge is 0.333 e. The van der Waals surface area contributed by atoms with Gasteiger partial charge in [0.15, 0.2) is 0 Å². The molecule has 3 heteroatoms. The third-order valence-corrected chi connectivity index (χ3v) is 6.57. The van der Waals surface area contributed by atoms with E-state index in [-0.39, 0.29) is 5.91 Å². The van der Waals surface area contributed by atoms with Gasteiger partial charge in [0.25, 0.3) is 5.91 Å². The average Bonchev–Trinajstić information content (AvgIpc) is 2.64. The molecular formula is C20H28BrNO. The van der Waals surface area contributed by atoms with Crippen molar-refractivity contribution in [2.75, 3.05) is 5.33 Å². The summed E-state index contributed by atoms with van der Waals surface area (Å²) in [7, 11) is 0. The molecule has 1 amide bonds. The average molecular weight is 378 g/mol. The number of amides is 1. The maximum absolute atomic E-state index is 13.2. The van der Waals surface area contributed by atoms with Crippen LogP contribution in [0, 0.1) is 5.92 Å². The molecular weight excluding hydrogens is 350 g/mol. The van der Waals surface area contributed by atoms with E-state index in [1.807, 2.05) is 30.3 Å². The maximum Gasteiger partial charge on any atom is 0.254 e. The quantitative estimate of drug-likeness (QED) is 0.641. The van der Waals surface area contributed by atoms with Gasteiger partial charge in [-0.05, 0) is 56.6 Å². The fraction of sp³-hybridized carbons (Fsp3) is 0.650. The topological polar surface area (TPSA) is 20.3 Å². The predicted molar refractivity (Wildman–Crippen MR) is 99.0 cm³/mol. The molecule has 1 aromatic rings. The second kappa shape index (κ2) is 8.32. The summed E-state index contributed by atoms with van der Waals surface area (Å²) in [6, 6.07) is 10.8. The minimum Gasteiger partial charge on any atom is -0.333 e. The lowest BCUT2D eigenvalue weighted by molar-refractivity contribution is 0.0424. The third kappa shape index (κ3) is 4.17. The first kappa shape index (κ1) is 17.0. The molecule has 2 aliphatic rings. The Kier molecular flexibility index (Phi) is 6.15. The van der Waals surface area contributed by atoms with Gasteiger partial charge in [-0.1, -0.05) is 53.4 Å². The molecule has 0 N–H and O–H groups in total. The highest BCUT2D eigenvalue weighted by atomic mass is 79.9. The molecule has 2 aliphatic carbocycles. The van der Waals surface area contributed by atoms with Crippen molar-refractivity contribution in [2.24, 2.45) is 5.92 Å². The number of carbonyl (C=O) groups excluding carboxylic acids is 1. The Hall–Kier alpha value is -0.830. The SMILES string of the molecule is O=C(c1ccccc1)N(C1CCCCC1)C1CCC(CBr)CC1. The zero-order chi connectivity index (χ0) is 16.1. The van der Waals surface area contributed by atoms with Gasteiger partial charge in [0.1, 0.15) is 0 Å². The first-order chi connectivity index (χ1) is 11.3. The molecule has 2 nitrogen and oxygen atoms in total. The van der Waals surface area contributed by atoms with Gasteiger partial charge >= 0.3 is 0 Å². The van der Waals surface area contributed by atoms with Gasteiger partial charge in [-0.3, -0.25) is 4.79 Å². The summed E-state index contributed by atoms with van der Waals surface area (Å²) in [6.45, 7) is 0. The third-order valence-electron chi connectivity index (χ3n) is 5.65. The fourth-order valence-corrected chi connectivity index (χ4v) is 4.94. The summed E-state index contributed by atoms with van der Waals surface area (Å²) >= 11 is 3.63. The Morgan fingerprint density at radius 3 is 2.13 bits per heavy atom.